The van der Waals surface area contributed by atoms with Gasteiger partial charge in [-0.15, -0.1) is 0 Å². The van der Waals surface area contributed by atoms with Crippen molar-refractivity contribution in [3.8, 4) is 5.75 Å². The van der Waals surface area contributed by atoms with Gasteiger partial charge < -0.3 is 14.8 Å². The SMILES string of the molecule is COC1CCCC1NC1CCCOc2cc(Br)ccc21. The van der Waals surface area contributed by atoms with Crippen LogP contribution in [0.3, 0.4) is 0 Å². The predicted octanol–water partition coefficient (Wildman–Crippen LogP) is 3.82. The molecule has 0 aromatic heterocycles. The van der Waals surface area contributed by atoms with Gasteiger partial charge in [0.05, 0.1) is 12.7 Å². The van der Waals surface area contributed by atoms with Gasteiger partial charge in [-0.2, -0.15) is 0 Å². The Bertz CT molecular complexity index is 466. The summed E-state index contributed by atoms with van der Waals surface area (Å²) in [5.41, 5.74) is 1.28. The van der Waals surface area contributed by atoms with Crippen molar-refractivity contribution in [2.24, 2.45) is 0 Å². The van der Waals surface area contributed by atoms with Gasteiger partial charge in [0.15, 0.2) is 0 Å². The molecule has 0 radical (unpaired) electrons. The second-order valence-corrected chi connectivity index (χ2v) is 6.62. The number of nitrogens with one attached hydrogen (secondary N) is 1. The van der Waals surface area contributed by atoms with Crippen LogP contribution < -0.4 is 10.1 Å². The third-order valence-electron chi connectivity index (χ3n) is 4.42. The first kappa shape index (κ1) is 14.4. The van der Waals surface area contributed by atoms with Crippen LogP contribution in [0.25, 0.3) is 0 Å². The van der Waals surface area contributed by atoms with Crippen LogP contribution >= 0.6 is 15.9 Å². The van der Waals surface area contributed by atoms with Gasteiger partial charge in [0.25, 0.3) is 0 Å². The Morgan fingerprint density at radius 2 is 2.15 bits per heavy atom. The van der Waals surface area contributed by atoms with Crippen LogP contribution in [0.4, 0.5) is 0 Å². The van der Waals surface area contributed by atoms with Crippen LogP contribution in [0.5, 0.6) is 5.75 Å². The van der Waals surface area contributed by atoms with Gasteiger partial charge in [0.2, 0.25) is 0 Å². The maximum absolute atomic E-state index is 5.88. The molecule has 20 heavy (non-hydrogen) atoms. The smallest absolute Gasteiger partial charge is 0.125 e. The summed E-state index contributed by atoms with van der Waals surface area (Å²) in [5, 5.41) is 3.81. The average molecular weight is 340 g/mol. The van der Waals surface area contributed by atoms with E-state index in [9.17, 15) is 0 Å². The molecule has 1 heterocycles. The zero-order chi connectivity index (χ0) is 13.9. The molecule has 0 bridgehead atoms. The van der Waals surface area contributed by atoms with E-state index in [0.717, 1.165) is 29.7 Å². The van der Waals surface area contributed by atoms with Crippen LogP contribution in [0.15, 0.2) is 22.7 Å². The monoisotopic (exact) mass is 339 g/mol. The first-order valence-electron chi connectivity index (χ1n) is 7.49. The lowest BCUT2D eigenvalue weighted by Crippen LogP contribution is -2.39. The molecule has 1 aliphatic heterocycles. The normalized spacial score (nSPS) is 29.6. The Morgan fingerprint density at radius 1 is 1.25 bits per heavy atom. The van der Waals surface area contributed by atoms with E-state index in [-0.39, 0.29) is 0 Å². The minimum atomic E-state index is 0.359. The van der Waals surface area contributed by atoms with Gasteiger partial charge in [-0.05, 0) is 44.2 Å². The van der Waals surface area contributed by atoms with Crippen LogP contribution in [0.2, 0.25) is 0 Å². The predicted molar refractivity (Wildman–Crippen MR) is 83.2 cm³/mol. The minimum Gasteiger partial charge on any atom is -0.493 e. The molecule has 1 aromatic rings. The summed E-state index contributed by atoms with van der Waals surface area (Å²) >= 11 is 3.52. The van der Waals surface area contributed by atoms with E-state index in [1.54, 1.807) is 0 Å². The fraction of sp³-hybridized carbons (Fsp3) is 0.625. The fourth-order valence-electron chi connectivity index (χ4n) is 3.38. The lowest BCUT2D eigenvalue weighted by atomic mass is 10.0. The summed E-state index contributed by atoms with van der Waals surface area (Å²) in [5.74, 6) is 1.02. The van der Waals surface area contributed by atoms with E-state index in [4.69, 9.17) is 9.47 Å². The van der Waals surface area contributed by atoms with Crippen LogP contribution in [0.1, 0.15) is 43.7 Å². The van der Waals surface area contributed by atoms with Crippen molar-refractivity contribution in [3.05, 3.63) is 28.2 Å². The van der Waals surface area contributed by atoms with Crippen LogP contribution in [-0.2, 0) is 4.74 Å². The van der Waals surface area contributed by atoms with Crippen LogP contribution in [-0.4, -0.2) is 25.9 Å². The second kappa shape index (κ2) is 6.46. The lowest BCUT2D eigenvalue weighted by molar-refractivity contribution is 0.0808. The number of methoxy groups -OCH3 is 1. The van der Waals surface area contributed by atoms with Crippen molar-refractivity contribution in [1.29, 1.82) is 0 Å². The summed E-state index contributed by atoms with van der Waals surface area (Å²) in [6, 6.07) is 7.21. The number of fused-ring (bicyclic) bond motifs is 1. The highest BCUT2D eigenvalue weighted by Gasteiger charge is 2.30. The maximum Gasteiger partial charge on any atom is 0.125 e. The van der Waals surface area contributed by atoms with Crippen molar-refractivity contribution in [2.75, 3.05) is 13.7 Å². The molecule has 3 rings (SSSR count). The van der Waals surface area contributed by atoms with Gasteiger partial charge in [-0.1, -0.05) is 22.0 Å². The van der Waals surface area contributed by atoms with Crippen molar-refractivity contribution in [2.45, 2.75) is 50.3 Å². The first-order chi connectivity index (χ1) is 9.78. The maximum atomic E-state index is 5.88. The molecule has 1 aromatic carbocycles. The number of rotatable bonds is 3. The highest BCUT2D eigenvalue weighted by Crippen LogP contribution is 2.35. The highest BCUT2D eigenvalue weighted by atomic mass is 79.9. The summed E-state index contributed by atoms with van der Waals surface area (Å²) in [6.45, 7) is 0.806. The number of halogens is 1. The molecule has 0 saturated heterocycles. The molecule has 0 spiro atoms. The van der Waals surface area contributed by atoms with Crippen molar-refractivity contribution in [1.82, 2.24) is 5.32 Å². The van der Waals surface area contributed by atoms with Crippen LogP contribution in [0, 0.1) is 0 Å². The van der Waals surface area contributed by atoms with Crippen molar-refractivity contribution >= 4 is 15.9 Å². The number of hydrogen-bond donors (Lipinski definition) is 1. The molecule has 4 heteroatoms. The molecule has 1 saturated carbocycles. The van der Waals surface area contributed by atoms with Gasteiger partial charge in [0.1, 0.15) is 5.75 Å². The number of ether oxygens (including phenoxy) is 2. The van der Waals surface area contributed by atoms with E-state index >= 15 is 0 Å². The molecule has 2 aliphatic rings. The Morgan fingerprint density at radius 3 is 3.00 bits per heavy atom. The lowest BCUT2D eigenvalue weighted by Gasteiger charge is -2.26. The summed E-state index contributed by atoms with van der Waals surface area (Å²) < 4.78 is 12.6. The van der Waals surface area contributed by atoms with E-state index in [1.165, 1.54) is 24.8 Å². The molecular formula is C16H22BrNO2. The Hall–Kier alpha value is -0.580. The molecule has 1 fully saturated rings. The van der Waals surface area contributed by atoms with Crippen molar-refractivity contribution in [3.63, 3.8) is 0 Å². The zero-order valence-electron chi connectivity index (χ0n) is 11.9. The number of benzene rings is 1. The molecule has 3 atom stereocenters. The Labute approximate surface area is 129 Å². The molecule has 1 aliphatic carbocycles. The van der Waals surface area contributed by atoms with Gasteiger partial charge in [-0.3, -0.25) is 0 Å². The second-order valence-electron chi connectivity index (χ2n) is 5.70. The summed E-state index contributed by atoms with van der Waals surface area (Å²) in [6.07, 6.45) is 6.22. The molecule has 1 N–H and O–H groups in total. The average Bonchev–Trinajstić information content (AvgIpc) is 2.80. The fourth-order valence-corrected chi connectivity index (χ4v) is 3.72. The van der Waals surface area contributed by atoms with Gasteiger partial charge in [-0.25, -0.2) is 0 Å². The minimum absolute atomic E-state index is 0.359. The number of hydrogen-bond acceptors (Lipinski definition) is 3. The highest BCUT2D eigenvalue weighted by molar-refractivity contribution is 9.10. The third-order valence-corrected chi connectivity index (χ3v) is 4.91. The topological polar surface area (TPSA) is 30.5 Å². The molecule has 3 nitrogen and oxygen atoms in total. The van der Waals surface area contributed by atoms with E-state index in [0.29, 0.717) is 18.2 Å². The quantitative estimate of drug-likeness (QED) is 0.907. The third kappa shape index (κ3) is 3.02. The largest absolute Gasteiger partial charge is 0.493 e. The molecular weight excluding hydrogens is 318 g/mol. The zero-order valence-corrected chi connectivity index (χ0v) is 13.5. The van der Waals surface area contributed by atoms with Gasteiger partial charge in [0, 0.05) is 29.2 Å². The van der Waals surface area contributed by atoms with E-state index in [1.807, 2.05) is 7.11 Å². The van der Waals surface area contributed by atoms with Gasteiger partial charge >= 0.3 is 0 Å². The summed E-state index contributed by atoms with van der Waals surface area (Å²) in [4.78, 5) is 0. The summed E-state index contributed by atoms with van der Waals surface area (Å²) in [7, 11) is 1.83. The van der Waals surface area contributed by atoms with E-state index < -0.39 is 0 Å². The van der Waals surface area contributed by atoms with Crippen molar-refractivity contribution < 1.29 is 9.47 Å². The van der Waals surface area contributed by atoms with E-state index in [2.05, 4.69) is 39.4 Å². The Kier molecular flexibility index (Phi) is 4.64. The first-order valence-corrected chi connectivity index (χ1v) is 8.28. The molecule has 0 amide bonds. The Balaban J connectivity index is 1.79. The molecule has 3 unspecified atom stereocenters. The standard InChI is InChI=1S/C16H22BrNO2/c1-19-15-6-2-4-14(15)18-13-5-3-9-20-16-10-11(17)7-8-12(13)16/h7-8,10,13-15,18H,2-6,9H2,1H3. The molecule has 110 valence electrons.